The van der Waals surface area contributed by atoms with Crippen molar-refractivity contribution in [2.45, 2.75) is 44.7 Å². The number of para-hydroxylation sites is 1. The van der Waals surface area contributed by atoms with Crippen LogP contribution in [0.3, 0.4) is 0 Å². The minimum absolute atomic E-state index is 0.106. The molecule has 8 nitrogen and oxygen atoms in total. The number of aryl methyl sites for hydroxylation is 1. The van der Waals surface area contributed by atoms with E-state index in [9.17, 15) is 4.79 Å². The number of anilines is 1. The van der Waals surface area contributed by atoms with Crippen LogP contribution in [0.4, 0.5) is 5.69 Å². The van der Waals surface area contributed by atoms with E-state index in [0.29, 0.717) is 43.7 Å². The van der Waals surface area contributed by atoms with Gasteiger partial charge in [0.25, 0.3) is 5.91 Å². The van der Waals surface area contributed by atoms with E-state index in [-0.39, 0.29) is 17.9 Å². The molecule has 0 bridgehead atoms. The molecule has 3 aromatic rings. The van der Waals surface area contributed by atoms with E-state index in [2.05, 4.69) is 15.3 Å². The summed E-state index contributed by atoms with van der Waals surface area (Å²) >= 11 is 0. The van der Waals surface area contributed by atoms with Gasteiger partial charge in [0, 0.05) is 44.0 Å². The molecule has 1 amide bonds. The third-order valence-electron chi connectivity index (χ3n) is 5.74. The van der Waals surface area contributed by atoms with Gasteiger partial charge in [0.2, 0.25) is 11.8 Å². The van der Waals surface area contributed by atoms with Crippen LogP contribution in [0.25, 0.3) is 0 Å². The first-order valence-electron chi connectivity index (χ1n) is 10.1. The predicted molar refractivity (Wildman–Crippen MR) is 105 cm³/mol. The molecular formula is C21H23N5O3. The van der Waals surface area contributed by atoms with E-state index < -0.39 is 0 Å². The summed E-state index contributed by atoms with van der Waals surface area (Å²) < 4.78 is 13.2. The Morgan fingerprint density at radius 3 is 2.76 bits per heavy atom. The molecule has 1 aromatic carbocycles. The highest BCUT2D eigenvalue weighted by molar-refractivity contribution is 6.06. The molecule has 4 heterocycles. The lowest BCUT2D eigenvalue weighted by Crippen LogP contribution is -2.34. The Morgan fingerprint density at radius 2 is 1.93 bits per heavy atom. The number of hydrogen-bond acceptors (Lipinski definition) is 6. The largest absolute Gasteiger partial charge is 0.423 e. The monoisotopic (exact) mass is 393 g/mol. The Balaban J connectivity index is 1.50. The van der Waals surface area contributed by atoms with Crippen molar-refractivity contribution in [3.63, 3.8) is 0 Å². The Morgan fingerprint density at radius 1 is 1.14 bits per heavy atom. The number of hydrogen-bond donors (Lipinski definition) is 0. The van der Waals surface area contributed by atoms with Crippen molar-refractivity contribution in [2.24, 2.45) is 0 Å². The molecule has 150 valence electrons. The van der Waals surface area contributed by atoms with Gasteiger partial charge in [0.05, 0.1) is 0 Å². The maximum Gasteiger partial charge on any atom is 0.277 e. The fourth-order valence-corrected chi connectivity index (χ4v) is 4.22. The van der Waals surface area contributed by atoms with E-state index >= 15 is 0 Å². The van der Waals surface area contributed by atoms with Crippen LogP contribution >= 0.6 is 0 Å². The Labute approximate surface area is 168 Å². The van der Waals surface area contributed by atoms with Gasteiger partial charge in [0.1, 0.15) is 11.7 Å². The lowest BCUT2D eigenvalue weighted by Gasteiger charge is -2.23. The lowest BCUT2D eigenvalue weighted by atomic mass is 10.0. The first-order chi connectivity index (χ1) is 14.3. The highest BCUT2D eigenvalue weighted by Gasteiger charge is 2.39. The molecule has 0 N–H and O–H groups in total. The molecule has 1 saturated heterocycles. The highest BCUT2D eigenvalue weighted by Crippen LogP contribution is 2.41. The van der Waals surface area contributed by atoms with Gasteiger partial charge in [-0.15, -0.1) is 10.2 Å². The molecule has 1 atom stereocenters. The summed E-state index contributed by atoms with van der Waals surface area (Å²) in [5.41, 5.74) is 2.54. The standard InChI is InChI=1S/C21H23N5O3/c1-2-25-17(7-10-22-25)21(27)26-16-6-4-3-5-15(16)13-18(26)20-24-23-19(29-20)14-8-11-28-12-9-14/h3-7,10,14,18H,2,8-9,11-13H2,1H3. The minimum atomic E-state index is -0.318. The normalized spacial score (nSPS) is 19.5. The number of amides is 1. The zero-order valence-electron chi connectivity index (χ0n) is 16.3. The van der Waals surface area contributed by atoms with Crippen LogP contribution in [0.1, 0.15) is 59.6 Å². The Hall–Kier alpha value is -3.00. The SMILES string of the molecule is CCn1nccc1C(=O)N1c2ccccc2CC1c1nnc(C2CCOCC2)o1. The van der Waals surface area contributed by atoms with E-state index in [4.69, 9.17) is 9.15 Å². The first kappa shape index (κ1) is 18.1. The number of rotatable bonds is 4. The maximum absolute atomic E-state index is 13.5. The smallest absolute Gasteiger partial charge is 0.277 e. The second-order valence-electron chi connectivity index (χ2n) is 7.42. The average molecular weight is 393 g/mol. The molecule has 8 heteroatoms. The number of nitrogens with zero attached hydrogens (tertiary/aromatic N) is 5. The number of aromatic nitrogens is 4. The van der Waals surface area contributed by atoms with Gasteiger partial charge in [-0.1, -0.05) is 18.2 Å². The molecule has 0 saturated carbocycles. The van der Waals surface area contributed by atoms with Crippen molar-refractivity contribution >= 4 is 11.6 Å². The second-order valence-corrected chi connectivity index (χ2v) is 7.42. The first-order valence-corrected chi connectivity index (χ1v) is 10.1. The third-order valence-corrected chi connectivity index (χ3v) is 5.74. The zero-order chi connectivity index (χ0) is 19.8. The summed E-state index contributed by atoms with van der Waals surface area (Å²) in [4.78, 5) is 15.3. The fraction of sp³-hybridized carbons (Fsp3) is 0.429. The minimum Gasteiger partial charge on any atom is -0.423 e. The summed E-state index contributed by atoms with van der Waals surface area (Å²) in [5.74, 6) is 1.24. The lowest BCUT2D eigenvalue weighted by molar-refractivity contribution is 0.0790. The second kappa shape index (κ2) is 7.44. The zero-order valence-corrected chi connectivity index (χ0v) is 16.3. The van der Waals surface area contributed by atoms with Gasteiger partial charge < -0.3 is 9.15 Å². The van der Waals surface area contributed by atoms with Gasteiger partial charge in [-0.05, 0) is 37.5 Å². The topological polar surface area (TPSA) is 86.3 Å². The van der Waals surface area contributed by atoms with E-state index in [1.165, 1.54) is 0 Å². The van der Waals surface area contributed by atoms with Crippen molar-refractivity contribution in [3.05, 3.63) is 59.6 Å². The van der Waals surface area contributed by atoms with Gasteiger partial charge in [-0.25, -0.2) is 0 Å². The van der Waals surface area contributed by atoms with Crippen molar-refractivity contribution in [2.75, 3.05) is 18.1 Å². The number of ether oxygens (including phenoxy) is 1. The highest BCUT2D eigenvalue weighted by atomic mass is 16.5. The third kappa shape index (κ3) is 3.13. The summed E-state index contributed by atoms with van der Waals surface area (Å²) in [6.45, 7) is 4.02. The van der Waals surface area contributed by atoms with Gasteiger partial charge in [0.15, 0.2) is 0 Å². The van der Waals surface area contributed by atoms with Crippen molar-refractivity contribution in [1.82, 2.24) is 20.0 Å². The van der Waals surface area contributed by atoms with Crippen LogP contribution in [-0.4, -0.2) is 39.1 Å². The van der Waals surface area contributed by atoms with Crippen LogP contribution in [-0.2, 0) is 17.7 Å². The Bertz CT molecular complexity index is 1020. The number of benzene rings is 1. The summed E-state index contributed by atoms with van der Waals surface area (Å²) in [7, 11) is 0. The van der Waals surface area contributed by atoms with E-state index in [1.807, 2.05) is 31.2 Å². The quantitative estimate of drug-likeness (QED) is 0.677. The van der Waals surface area contributed by atoms with Crippen LogP contribution < -0.4 is 4.90 Å². The summed E-state index contributed by atoms with van der Waals surface area (Å²) in [5, 5.41) is 12.9. The molecule has 1 unspecified atom stereocenters. The summed E-state index contributed by atoms with van der Waals surface area (Å²) in [6, 6.07) is 9.38. The summed E-state index contributed by atoms with van der Waals surface area (Å²) in [6.07, 6.45) is 4.07. The van der Waals surface area contributed by atoms with E-state index in [0.717, 1.165) is 24.1 Å². The predicted octanol–water partition coefficient (Wildman–Crippen LogP) is 3.12. The van der Waals surface area contributed by atoms with Crippen LogP contribution in [0.2, 0.25) is 0 Å². The van der Waals surface area contributed by atoms with Gasteiger partial charge >= 0.3 is 0 Å². The van der Waals surface area contributed by atoms with E-state index in [1.54, 1.807) is 21.8 Å². The molecule has 2 aliphatic rings. The molecular weight excluding hydrogens is 370 g/mol. The molecule has 1 fully saturated rings. The molecule has 29 heavy (non-hydrogen) atoms. The Kier molecular flexibility index (Phi) is 4.63. The average Bonchev–Trinajstić information content (AvgIpc) is 3.51. The van der Waals surface area contributed by atoms with Crippen LogP contribution in [0, 0.1) is 0 Å². The number of carbonyl (C=O) groups is 1. The van der Waals surface area contributed by atoms with Crippen molar-refractivity contribution in [3.8, 4) is 0 Å². The molecule has 0 radical (unpaired) electrons. The number of fused-ring (bicyclic) bond motifs is 1. The maximum atomic E-state index is 13.5. The number of carbonyl (C=O) groups excluding carboxylic acids is 1. The molecule has 0 aliphatic carbocycles. The van der Waals surface area contributed by atoms with Crippen LogP contribution in [0.15, 0.2) is 40.9 Å². The van der Waals surface area contributed by atoms with Crippen molar-refractivity contribution < 1.29 is 13.9 Å². The molecule has 0 spiro atoms. The van der Waals surface area contributed by atoms with Gasteiger partial charge in [-0.2, -0.15) is 5.10 Å². The van der Waals surface area contributed by atoms with Crippen LogP contribution in [0.5, 0.6) is 0 Å². The molecule has 5 rings (SSSR count). The molecule has 2 aliphatic heterocycles. The fourth-order valence-electron chi connectivity index (χ4n) is 4.22. The molecule has 2 aromatic heterocycles. The van der Waals surface area contributed by atoms with Gasteiger partial charge in [-0.3, -0.25) is 14.4 Å². The van der Waals surface area contributed by atoms with Crippen molar-refractivity contribution in [1.29, 1.82) is 0 Å².